The minimum absolute atomic E-state index is 0.267. The zero-order chi connectivity index (χ0) is 12.1. The van der Waals surface area contributed by atoms with Crippen LogP contribution >= 0.6 is 11.6 Å². The Morgan fingerprint density at radius 3 is 2.75 bits per heavy atom. The van der Waals surface area contributed by atoms with E-state index in [1.165, 1.54) is 0 Å². The highest BCUT2D eigenvalue weighted by molar-refractivity contribution is 6.31. The van der Waals surface area contributed by atoms with Crippen molar-refractivity contribution in [3.05, 3.63) is 16.4 Å². The first-order valence-corrected chi connectivity index (χ1v) is 5.89. The van der Waals surface area contributed by atoms with Gasteiger partial charge in [-0.15, -0.1) is 0 Å². The smallest absolute Gasteiger partial charge is 0.0847 e. The molecule has 92 valence electrons. The van der Waals surface area contributed by atoms with E-state index in [4.69, 9.17) is 16.3 Å². The number of ether oxygens (including phenoxy) is 1. The molecule has 0 fully saturated rings. The summed E-state index contributed by atoms with van der Waals surface area (Å²) in [4.78, 5) is 0. The van der Waals surface area contributed by atoms with Gasteiger partial charge in [0.25, 0.3) is 0 Å². The zero-order valence-electron chi connectivity index (χ0n) is 10.4. The molecule has 1 N–H and O–H groups in total. The molecule has 0 saturated carbocycles. The van der Waals surface area contributed by atoms with Gasteiger partial charge in [0.2, 0.25) is 0 Å². The molecule has 5 heteroatoms. The van der Waals surface area contributed by atoms with Gasteiger partial charge in [-0.2, -0.15) is 5.10 Å². The summed E-state index contributed by atoms with van der Waals surface area (Å²) in [7, 11) is 3.63. The molecule has 0 aliphatic rings. The van der Waals surface area contributed by atoms with E-state index in [1.807, 2.05) is 18.7 Å². The maximum Gasteiger partial charge on any atom is 0.0847 e. The van der Waals surface area contributed by atoms with Crippen molar-refractivity contribution in [1.29, 1.82) is 0 Å². The number of likely N-dealkylation sites (N-methyl/N-ethyl adjacent to an activating group) is 1. The molecule has 1 heterocycles. The van der Waals surface area contributed by atoms with Gasteiger partial charge >= 0.3 is 0 Å². The number of hydrogen-bond donors (Lipinski definition) is 1. The average Bonchev–Trinajstić information content (AvgIpc) is 2.55. The van der Waals surface area contributed by atoms with E-state index in [-0.39, 0.29) is 6.04 Å². The van der Waals surface area contributed by atoms with Gasteiger partial charge in [-0.3, -0.25) is 4.68 Å². The van der Waals surface area contributed by atoms with Crippen LogP contribution in [0, 0.1) is 6.92 Å². The summed E-state index contributed by atoms with van der Waals surface area (Å²) in [5, 5.41) is 8.38. The number of nitrogens with zero attached hydrogens (tertiary/aromatic N) is 2. The molecular formula is C11H20ClN3O. The van der Waals surface area contributed by atoms with Crippen molar-refractivity contribution >= 4 is 11.6 Å². The summed E-state index contributed by atoms with van der Waals surface area (Å²) < 4.78 is 7.11. The monoisotopic (exact) mass is 245 g/mol. The number of aromatic nitrogens is 2. The molecule has 0 saturated heterocycles. The van der Waals surface area contributed by atoms with Crippen molar-refractivity contribution in [3.63, 3.8) is 0 Å². The van der Waals surface area contributed by atoms with Crippen LogP contribution in [0.15, 0.2) is 0 Å². The van der Waals surface area contributed by atoms with E-state index in [0.29, 0.717) is 6.61 Å². The van der Waals surface area contributed by atoms with Crippen LogP contribution in [0.5, 0.6) is 0 Å². The van der Waals surface area contributed by atoms with Gasteiger partial charge in [-0.25, -0.2) is 0 Å². The van der Waals surface area contributed by atoms with Crippen LogP contribution in [0.4, 0.5) is 0 Å². The van der Waals surface area contributed by atoms with Crippen molar-refractivity contribution in [3.8, 4) is 0 Å². The van der Waals surface area contributed by atoms with Crippen LogP contribution < -0.4 is 5.32 Å². The Labute approximate surface area is 102 Å². The van der Waals surface area contributed by atoms with E-state index in [1.54, 1.807) is 7.11 Å². The molecule has 1 rings (SSSR count). The lowest BCUT2D eigenvalue weighted by atomic mass is 10.1. The SMILES string of the molecule is CCn1nc(C)c(Cl)c1CC(COC)NC. The van der Waals surface area contributed by atoms with E-state index >= 15 is 0 Å². The van der Waals surface area contributed by atoms with Crippen molar-refractivity contribution in [1.82, 2.24) is 15.1 Å². The summed E-state index contributed by atoms with van der Waals surface area (Å²) in [5.41, 5.74) is 1.98. The molecule has 1 unspecified atom stereocenters. The third-order valence-electron chi connectivity index (χ3n) is 2.67. The summed E-state index contributed by atoms with van der Waals surface area (Å²) >= 11 is 6.24. The van der Waals surface area contributed by atoms with Gasteiger partial charge in [0, 0.05) is 26.1 Å². The second kappa shape index (κ2) is 6.23. The second-order valence-electron chi connectivity index (χ2n) is 3.81. The lowest BCUT2D eigenvalue weighted by Crippen LogP contribution is -2.33. The Kier molecular flexibility index (Phi) is 5.25. The van der Waals surface area contributed by atoms with E-state index in [9.17, 15) is 0 Å². The van der Waals surface area contributed by atoms with Gasteiger partial charge in [0.15, 0.2) is 0 Å². The summed E-state index contributed by atoms with van der Waals surface area (Å²) in [6.07, 6.45) is 0.831. The van der Waals surface area contributed by atoms with Gasteiger partial charge in [-0.1, -0.05) is 11.6 Å². The molecule has 4 nitrogen and oxygen atoms in total. The van der Waals surface area contributed by atoms with Gasteiger partial charge in [0.1, 0.15) is 0 Å². The highest BCUT2D eigenvalue weighted by atomic mass is 35.5. The van der Waals surface area contributed by atoms with Gasteiger partial charge < -0.3 is 10.1 Å². The lowest BCUT2D eigenvalue weighted by Gasteiger charge is -2.15. The Bertz CT molecular complexity index is 338. The van der Waals surface area contributed by atoms with E-state index in [0.717, 1.165) is 29.4 Å². The Morgan fingerprint density at radius 2 is 2.25 bits per heavy atom. The standard InChI is InChI=1S/C11H20ClN3O/c1-5-15-10(11(12)8(2)14-15)6-9(13-3)7-16-4/h9,13H,5-7H2,1-4H3. The molecule has 0 bridgehead atoms. The van der Waals surface area contributed by atoms with Crippen LogP contribution in [-0.2, 0) is 17.7 Å². The van der Waals surface area contributed by atoms with Gasteiger partial charge in [0.05, 0.1) is 23.0 Å². The molecule has 1 aromatic rings. The van der Waals surface area contributed by atoms with Crippen molar-refractivity contribution in [2.24, 2.45) is 0 Å². The molecule has 0 aliphatic carbocycles. The molecule has 0 aliphatic heterocycles. The van der Waals surface area contributed by atoms with Crippen molar-refractivity contribution in [2.75, 3.05) is 20.8 Å². The topological polar surface area (TPSA) is 39.1 Å². The minimum Gasteiger partial charge on any atom is -0.383 e. The molecular weight excluding hydrogens is 226 g/mol. The number of methoxy groups -OCH3 is 1. The molecule has 0 amide bonds. The Balaban J connectivity index is 2.85. The van der Waals surface area contributed by atoms with Crippen LogP contribution in [-0.4, -0.2) is 36.6 Å². The molecule has 0 spiro atoms. The quantitative estimate of drug-likeness (QED) is 0.828. The fraction of sp³-hybridized carbons (Fsp3) is 0.727. The van der Waals surface area contributed by atoms with Crippen LogP contribution in [0.3, 0.4) is 0 Å². The summed E-state index contributed by atoms with van der Waals surface area (Å²) in [6, 6.07) is 0.267. The third-order valence-corrected chi connectivity index (χ3v) is 3.16. The highest BCUT2D eigenvalue weighted by Gasteiger charge is 2.16. The highest BCUT2D eigenvalue weighted by Crippen LogP contribution is 2.21. The maximum absolute atomic E-state index is 6.24. The second-order valence-corrected chi connectivity index (χ2v) is 4.18. The number of rotatable bonds is 6. The first-order chi connectivity index (χ1) is 7.63. The van der Waals surface area contributed by atoms with Crippen LogP contribution in [0.25, 0.3) is 0 Å². The maximum atomic E-state index is 6.24. The van der Waals surface area contributed by atoms with Crippen molar-refractivity contribution < 1.29 is 4.74 Å². The van der Waals surface area contributed by atoms with Crippen LogP contribution in [0.1, 0.15) is 18.3 Å². The Morgan fingerprint density at radius 1 is 1.56 bits per heavy atom. The number of hydrogen-bond acceptors (Lipinski definition) is 3. The van der Waals surface area contributed by atoms with Crippen LogP contribution in [0.2, 0.25) is 5.02 Å². The zero-order valence-corrected chi connectivity index (χ0v) is 11.1. The number of aryl methyl sites for hydroxylation is 2. The summed E-state index contributed by atoms with van der Waals surface area (Å²) in [5.74, 6) is 0. The van der Waals surface area contributed by atoms with E-state index in [2.05, 4.69) is 17.3 Å². The largest absolute Gasteiger partial charge is 0.383 e. The molecule has 16 heavy (non-hydrogen) atoms. The summed E-state index contributed by atoms with van der Waals surface area (Å²) in [6.45, 7) is 5.51. The molecule has 1 atom stereocenters. The molecule has 0 radical (unpaired) electrons. The molecule has 0 aromatic carbocycles. The number of halogens is 1. The first kappa shape index (κ1) is 13.5. The normalized spacial score (nSPS) is 13.1. The molecule has 1 aromatic heterocycles. The first-order valence-electron chi connectivity index (χ1n) is 5.52. The predicted molar refractivity (Wildman–Crippen MR) is 66.1 cm³/mol. The minimum atomic E-state index is 0.267. The number of nitrogens with one attached hydrogen (secondary N) is 1. The Hall–Kier alpha value is -0.580. The lowest BCUT2D eigenvalue weighted by molar-refractivity contribution is 0.168. The average molecular weight is 246 g/mol. The fourth-order valence-corrected chi connectivity index (χ4v) is 1.96. The van der Waals surface area contributed by atoms with Gasteiger partial charge in [-0.05, 0) is 20.9 Å². The van der Waals surface area contributed by atoms with E-state index < -0.39 is 0 Å². The fourth-order valence-electron chi connectivity index (χ4n) is 1.74. The third kappa shape index (κ3) is 2.97. The van der Waals surface area contributed by atoms with Crippen molar-refractivity contribution in [2.45, 2.75) is 32.9 Å². The predicted octanol–water partition coefficient (Wildman–Crippen LogP) is 1.64.